The number of aliphatic hydroxyl groups excluding tert-OH is 4. The maximum Gasteiger partial charge on any atom is 0.111 e. The maximum atomic E-state index is 9.54. The van der Waals surface area contributed by atoms with Crippen LogP contribution in [0.4, 0.5) is 16.4 Å². The van der Waals surface area contributed by atoms with E-state index in [2.05, 4.69) is 0 Å². The molecule has 0 saturated heterocycles. The molecule has 0 bridgehead atoms. The molecule has 162 valence electrons. The quantitative estimate of drug-likeness (QED) is 0.338. The molecule has 30 heavy (non-hydrogen) atoms. The molecular weight excluding hydrogens is 406 g/mol. The molecule has 1 heterocycles. The van der Waals surface area contributed by atoms with E-state index in [9.17, 15) is 10.2 Å². The molecule has 0 saturated carbocycles. The highest BCUT2D eigenvalue weighted by molar-refractivity contribution is 7.16. The van der Waals surface area contributed by atoms with E-state index >= 15 is 0 Å². The number of rotatable bonds is 7. The highest BCUT2D eigenvalue weighted by Gasteiger charge is 2.16. The summed E-state index contributed by atoms with van der Waals surface area (Å²) < 4.78 is 0. The van der Waals surface area contributed by atoms with E-state index in [-0.39, 0.29) is 26.3 Å². The summed E-state index contributed by atoms with van der Waals surface area (Å²) in [4.78, 5) is 2.23. The van der Waals surface area contributed by atoms with Crippen LogP contribution in [0.15, 0.2) is 18.2 Å². The normalized spacial score (nSPS) is 12.1. The first-order valence-corrected chi connectivity index (χ1v) is 9.88. The van der Waals surface area contributed by atoms with Crippen LogP contribution in [0.3, 0.4) is 0 Å². The van der Waals surface area contributed by atoms with Crippen molar-refractivity contribution in [1.29, 1.82) is 10.5 Å². The average molecular weight is 434 g/mol. The summed E-state index contributed by atoms with van der Waals surface area (Å²) >= 11 is 1.16. The van der Waals surface area contributed by atoms with Crippen molar-refractivity contribution in [2.45, 2.75) is 26.1 Å². The van der Waals surface area contributed by atoms with Gasteiger partial charge in [-0.25, -0.2) is 0 Å². The first kappa shape index (κ1) is 25.2. The minimum absolute atomic E-state index is 0.164. The van der Waals surface area contributed by atoms with E-state index < -0.39 is 12.2 Å². The number of nitrogens with two attached hydrogens (primary N) is 2. The minimum atomic E-state index is -0.913. The molecule has 0 spiro atoms. The second kappa shape index (κ2) is 12.0. The third kappa shape index (κ3) is 6.88. The van der Waals surface area contributed by atoms with E-state index in [1.54, 1.807) is 24.0 Å². The van der Waals surface area contributed by atoms with Gasteiger partial charge in [0.05, 0.1) is 31.0 Å². The summed E-state index contributed by atoms with van der Waals surface area (Å²) in [6.45, 7) is 3.19. The molecule has 0 amide bonds. The van der Waals surface area contributed by atoms with Gasteiger partial charge in [0, 0.05) is 24.5 Å². The summed E-state index contributed by atoms with van der Waals surface area (Å²) in [6, 6.07) is 9.29. The van der Waals surface area contributed by atoms with Gasteiger partial charge in [-0.2, -0.15) is 10.5 Å². The number of hydrogen-bond donors (Lipinski definition) is 6. The molecule has 0 radical (unpaired) electrons. The Hall–Kier alpha value is -2.86. The molecule has 0 aliphatic heterocycles. The number of anilines is 3. The van der Waals surface area contributed by atoms with Crippen molar-refractivity contribution in [3.05, 3.63) is 39.8 Å². The second-order valence-electron chi connectivity index (χ2n) is 6.64. The smallest absolute Gasteiger partial charge is 0.111 e. The molecule has 8 N–H and O–H groups in total. The van der Waals surface area contributed by atoms with Crippen molar-refractivity contribution in [3.8, 4) is 12.1 Å². The summed E-state index contributed by atoms with van der Waals surface area (Å²) in [6.07, 6.45) is -1.83. The number of hydrogen-bond acceptors (Lipinski definition) is 10. The molecule has 1 aromatic carbocycles. The molecule has 0 aliphatic carbocycles. The second-order valence-corrected chi connectivity index (χ2v) is 7.69. The number of aliphatic hydroxyl groups is 4. The van der Waals surface area contributed by atoms with Gasteiger partial charge < -0.3 is 36.8 Å². The van der Waals surface area contributed by atoms with Gasteiger partial charge in [-0.3, -0.25) is 0 Å². The standard InChI is InChI=1S/C13H22N2O4.C7H5N3S/c1-9-4-10(2-3-13(9)14)15(5-11(18)7-16)6-12(19)8-17;1-4-5(2-8)7(10)11-6(4)3-9/h2-4,11-12,16-19H,5-8,14H2,1H3;10H2,1H3. The molecule has 1 aromatic heterocycles. The monoisotopic (exact) mass is 433 g/mol. The number of benzene rings is 1. The molecule has 0 aliphatic rings. The summed E-state index contributed by atoms with van der Waals surface area (Å²) in [5, 5.41) is 54.5. The van der Waals surface area contributed by atoms with Crippen LogP contribution in [-0.2, 0) is 0 Å². The molecule has 2 rings (SSSR count). The zero-order chi connectivity index (χ0) is 22.8. The van der Waals surface area contributed by atoms with E-state index in [1.165, 1.54) is 0 Å². The van der Waals surface area contributed by atoms with E-state index in [0.29, 0.717) is 26.7 Å². The van der Waals surface area contributed by atoms with Crippen LogP contribution in [0.1, 0.15) is 21.6 Å². The van der Waals surface area contributed by atoms with Crippen LogP contribution in [0.5, 0.6) is 0 Å². The van der Waals surface area contributed by atoms with Gasteiger partial charge in [0.25, 0.3) is 0 Å². The lowest BCUT2D eigenvalue weighted by molar-refractivity contribution is 0.0839. The zero-order valence-electron chi connectivity index (χ0n) is 16.9. The fraction of sp³-hybridized carbons (Fsp3) is 0.400. The summed E-state index contributed by atoms with van der Waals surface area (Å²) in [5.41, 5.74) is 14.7. The Kier molecular flexibility index (Phi) is 10.1. The number of thiophene rings is 1. The third-order valence-corrected chi connectivity index (χ3v) is 5.32. The lowest BCUT2D eigenvalue weighted by Crippen LogP contribution is -2.40. The van der Waals surface area contributed by atoms with Gasteiger partial charge in [0.1, 0.15) is 22.0 Å². The Morgan fingerprint density at radius 1 is 1.03 bits per heavy atom. The SMILES string of the molecule is Cc1c(C#N)sc(N)c1C#N.Cc1cc(N(CC(O)CO)CC(O)CO)ccc1N. The fourth-order valence-corrected chi connectivity index (χ4v) is 3.37. The zero-order valence-corrected chi connectivity index (χ0v) is 17.7. The predicted octanol–water partition coefficient (Wildman–Crippen LogP) is 0.472. The average Bonchev–Trinajstić information content (AvgIpc) is 3.02. The van der Waals surface area contributed by atoms with Crippen molar-refractivity contribution >= 4 is 27.7 Å². The summed E-state index contributed by atoms with van der Waals surface area (Å²) in [7, 11) is 0. The van der Waals surface area contributed by atoms with Gasteiger partial charge in [-0.15, -0.1) is 11.3 Å². The molecule has 2 atom stereocenters. The van der Waals surface area contributed by atoms with Gasteiger partial charge in [0.15, 0.2) is 0 Å². The molecule has 10 heteroatoms. The molecule has 9 nitrogen and oxygen atoms in total. The number of nitriles is 2. The number of aryl methyl sites for hydroxylation is 1. The first-order chi connectivity index (χ1) is 14.2. The van der Waals surface area contributed by atoms with Crippen molar-refractivity contribution in [1.82, 2.24) is 0 Å². The predicted molar refractivity (Wildman–Crippen MR) is 117 cm³/mol. The molecule has 0 fully saturated rings. The molecular formula is C20H27N5O4S. The number of nitrogen functional groups attached to an aromatic ring is 2. The van der Waals surface area contributed by atoms with Crippen LogP contribution in [0.2, 0.25) is 0 Å². The fourth-order valence-electron chi connectivity index (χ4n) is 2.55. The molecule has 2 unspecified atom stereocenters. The van der Waals surface area contributed by atoms with Gasteiger partial charge in [-0.05, 0) is 43.2 Å². The Morgan fingerprint density at radius 3 is 1.97 bits per heavy atom. The Labute approximate surface area is 179 Å². The molecule has 2 aromatic rings. The Balaban J connectivity index is 0.000000346. The lowest BCUT2D eigenvalue weighted by atomic mass is 10.1. The first-order valence-electron chi connectivity index (χ1n) is 9.06. The Morgan fingerprint density at radius 2 is 1.60 bits per heavy atom. The van der Waals surface area contributed by atoms with E-state index in [0.717, 1.165) is 22.6 Å². The Bertz CT molecular complexity index is 907. The third-order valence-electron chi connectivity index (χ3n) is 4.29. The van der Waals surface area contributed by atoms with Crippen LogP contribution in [-0.4, -0.2) is 58.9 Å². The minimum Gasteiger partial charge on any atom is -0.399 e. The van der Waals surface area contributed by atoms with Crippen LogP contribution in [0, 0.1) is 36.5 Å². The van der Waals surface area contributed by atoms with Crippen molar-refractivity contribution < 1.29 is 20.4 Å². The van der Waals surface area contributed by atoms with Gasteiger partial charge >= 0.3 is 0 Å². The highest BCUT2D eigenvalue weighted by atomic mass is 32.1. The van der Waals surface area contributed by atoms with Crippen LogP contribution >= 0.6 is 11.3 Å². The van der Waals surface area contributed by atoms with Gasteiger partial charge in [-0.1, -0.05) is 0 Å². The van der Waals surface area contributed by atoms with Crippen LogP contribution in [0.25, 0.3) is 0 Å². The van der Waals surface area contributed by atoms with E-state index in [1.807, 2.05) is 25.1 Å². The van der Waals surface area contributed by atoms with Crippen molar-refractivity contribution in [2.75, 3.05) is 42.7 Å². The number of nitrogens with zero attached hydrogens (tertiary/aromatic N) is 3. The summed E-state index contributed by atoms with van der Waals surface area (Å²) in [5.74, 6) is 0. The van der Waals surface area contributed by atoms with Crippen LogP contribution < -0.4 is 16.4 Å². The van der Waals surface area contributed by atoms with Crippen molar-refractivity contribution in [2.24, 2.45) is 0 Å². The lowest BCUT2D eigenvalue weighted by Gasteiger charge is -2.29. The topological polar surface area (TPSA) is 184 Å². The van der Waals surface area contributed by atoms with E-state index in [4.69, 9.17) is 32.2 Å². The van der Waals surface area contributed by atoms with Gasteiger partial charge in [0.2, 0.25) is 0 Å². The highest BCUT2D eigenvalue weighted by Crippen LogP contribution is 2.28. The maximum absolute atomic E-state index is 9.54. The van der Waals surface area contributed by atoms with Crippen molar-refractivity contribution in [3.63, 3.8) is 0 Å². The largest absolute Gasteiger partial charge is 0.399 e.